The Morgan fingerprint density at radius 1 is 1.00 bits per heavy atom. The van der Waals surface area contributed by atoms with Gasteiger partial charge in [-0.25, -0.2) is 0 Å². The second kappa shape index (κ2) is 6.76. The number of carbonyl (C=O) groups excluding carboxylic acids is 3. The summed E-state index contributed by atoms with van der Waals surface area (Å²) in [5, 5.41) is 11.5. The second-order valence-corrected chi connectivity index (χ2v) is 13.0. The third-order valence-electron chi connectivity index (χ3n) is 11.5. The summed E-state index contributed by atoms with van der Waals surface area (Å²) in [7, 11) is 0. The summed E-state index contributed by atoms with van der Waals surface area (Å²) in [4.78, 5) is 38.7. The molecule has 182 valence electrons. The molecule has 1 N–H and O–H groups in total. The van der Waals surface area contributed by atoms with Gasteiger partial charge in [0.2, 0.25) is 5.79 Å². The van der Waals surface area contributed by atoms with Crippen LogP contribution in [0, 0.1) is 46.3 Å². The van der Waals surface area contributed by atoms with Crippen LogP contribution in [0.15, 0.2) is 0 Å². The standard InChI is InChI=1S/C27H38O6/c1-14-9-22(30)27(32-13-14)15(2)23-20(33-27)11-19-17-10-21(29)26(31)12-16(28)5-8-25(26,4)18(17)6-7-24(19,23)3/h14-15,17-20,23,31H,5-13H2,1-4H3/t14-,15+,17-,18+,19+,20+,23+,24+,25-,26+,27+/m1/s1. The molecular formula is C27H38O6. The predicted octanol–water partition coefficient (Wildman–Crippen LogP) is 3.47. The van der Waals surface area contributed by atoms with Gasteiger partial charge in [0.05, 0.1) is 12.7 Å². The minimum atomic E-state index is -1.50. The SMILES string of the molecule is C[C@H]1CO[C@@]2(O[C@H]3C[C@H]4[C@@H]5CC(=O)[C@@]6(O)CC(=O)CC[C@]6(C)[C@H]5CC[C@]4(C)[C@H]3[C@@H]2C)C(=O)C1. The molecule has 0 radical (unpaired) electrons. The van der Waals surface area contributed by atoms with Gasteiger partial charge in [-0.1, -0.05) is 27.7 Å². The molecule has 0 aromatic carbocycles. The molecule has 4 aliphatic carbocycles. The number of hydrogen-bond donors (Lipinski definition) is 1. The lowest BCUT2D eigenvalue weighted by Crippen LogP contribution is -2.66. The first kappa shape index (κ1) is 22.4. The number of ketones is 3. The zero-order chi connectivity index (χ0) is 23.6. The second-order valence-electron chi connectivity index (χ2n) is 13.0. The minimum Gasteiger partial charge on any atom is -0.381 e. The number of rotatable bonds is 0. The van der Waals surface area contributed by atoms with Crippen molar-refractivity contribution in [3.63, 3.8) is 0 Å². The molecule has 1 spiro atoms. The number of hydrogen-bond acceptors (Lipinski definition) is 6. The van der Waals surface area contributed by atoms with E-state index < -0.39 is 16.8 Å². The van der Waals surface area contributed by atoms with Crippen LogP contribution in [0.4, 0.5) is 0 Å². The van der Waals surface area contributed by atoms with Gasteiger partial charge in [0.15, 0.2) is 11.6 Å². The van der Waals surface area contributed by atoms with Crippen LogP contribution >= 0.6 is 0 Å². The summed E-state index contributed by atoms with van der Waals surface area (Å²) in [5.74, 6) is 0.103. The molecule has 0 bridgehead atoms. The number of carbonyl (C=O) groups is 3. The first-order valence-electron chi connectivity index (χ1n) is 13.1. The van der Waals surface area contributed by atoms with Gasteiger partial charge in [0, 0.05) is 37.0 Å². The summed E-state index contributed by atoms with van der Waals surface area (Å²) >= 11 is 0. The van der Waals surface area contributed by atoms with Crippen molar-refractivity contribution in [1.29, 1.82) is 0 Å². The lowest BCUT2D eigenvalue weighted by molar-refractivity contribution is -0.252. The topological polar surface area (TPSA) is 89.9 Å². The number of fused-ring (bicyclic) bond motifs is 7. The normalized spacial score (nSPS) is 58.1. The van der Waals surface area contributed by atoms with Crippen molar-refractivity contribution in [1.82, 2.24) is 0 Å². The van der Waals surface area contributed by atoms with Crippen molar-refractivity contribution in [2.45, 2.75) is 96.6 Å². The Labute approximate surface area is 196 Å². The van der Waals surface area contributed by atoms with Crippen LogP contribution in [0.1, 0.15) is 79.1 Å². The average molecular weight is 459 g/mol. The van der Waals surface area contributed by atoms with Crippen molar-refractivity contribution in [3.05, 3.63) is 0 Å². The van der Waals surface area contributed by atoms with Gasteiger partial charge in [-0.05, 0) is 60.7 Å². The minimum absolute atomic E-state index is 0.00633. The van der Waals surface area contributed by atoms with E-state index in [0.29, 0.717) is 38.2 Å². The zero-order valence-corrected chi connectivity index (χ0v) is 20.4. The smallest absolute Gasteiger partial charge is 0.232 e. The Morgan fingerprint density at radius 2 is 1.76 bits per heavy atom. The molecule has 6 nitrogen and oxygen atoms in total. The average Bonchev–Trinajstić information content (AvgIpc) is 3.19. The van der Waals surface area contributed by atoms with E-state index >= 15 is 0 Å². The number of aliphatic hydroxyl groups is 1. The third kappa shape index (κ3) is 2.58. The predicted molar refractivity (Wildman–Crippen MR) is 119 cm³/mol. The Morgan fingerprint density at radius 3 is 2.48 bits per heavy atom. The lowest BCUT2D eigenvalue weighted by atomic mass is 9.42. The summed E-state index contributed by atoms with van der Waals surface area (Å²) in [6.45, 7) is 9.16. The molecule has 6 aliphatic rings. The van der Waals surface area contributed by atoms with Crippen molar-refractivity contribution in [3.8, 4) is 0 Å². The highest BCUT2D eigenvalue weighted by Crippen LogP contribution is 2.71. The molecule has 2 heterocycles. The van der Waals surface area contributed by atoms with Crippen LogP contribution in [-0.4, -0.2) is 46.6 Å². The van der Waals surface area contributed by atoms with Gasteiger partial charge in [-0.2, -0.15) is 0 Å². The molecule has 0 amide bonds. The van der Waals surface area contributed by atoms with Gasteiger partial charge in [0.1, 0.15) is 11.4 Å². The molecule has 6 fully saturated rings. The Kier molecular flexibility index (Phi) is 4.58. The maximum Gasteiger partial charge on any atom is 0.232 e. The van der Waals surface area contributed by atoms with E-state index in [9.17, 15) is 19.5 Å². The molecule has 4 saturated carbocycles. The van der Waals surface area contributed by atoms with E-state index in [-0.39, 0.29) is 64.9 Å². The maximum atomic E-state index is 13.4. The Hall–Kier alpha value is -1.11. The van der Waals surface area contributed by atoms with Gasteiger partial charge in [0.25, 0.3) is 0 Å². The zero-order valence-electron chi connectivity index (χ0n) is 20.4. The molecular weight excluding hydrogens is 420 g/mol. The van der Waals surface area contributed by atoms with E-state index in [1.807, 2.05) is 6.92 Å². The van der Waals surface area contributed by atoms with Crippen LogP contribution in [0.2, 0.25) is 0 Å². The van der Waals surface area contributed by atoms with E-state index in [1.54, 1.807) is 0 Å². The van der Waals surface area contributed by atoms with Crippen LogP contribution < -0.4 is 0 Å². The summed E-state index contributed by atoms with van der Waals surface area (Å²) in [6, 6.07) is 0. The lowest BCUT2D eigenvalue weighted by Gasteiger charge is -2.62. The molecule has 0 aromatic heterocycles. The molecule has 6 heteroatoms. The molecule has 2 saturated heterocycles. The Balaban J connectivity index is 1.32. The quantitative estimate of drug-likeness (QED) is 0.598. The van der Waals surface area contributed by atoms with Crippen LogP contribution in [-0.2, 0) is 23.9 Å². The number of Topliss-reactive ketones (excluding diaryl/α,β-unsaturated/α-hetero) is 3. The highest BCUT2D eigenvalue weighted by Gasteiger charge is 2.73. The van der Waals surface area contributed by atoms with Gasteiger partial charge >= 0.3 is 0 Å². The summed E-state index contributed by atoms with van der Waals surface area (Å²) in [5.41, 5.74) is -2.05. The van der Waals surface area contributed by atoms with E-state index in [4.69, 9.17) is 9.47 Å². The summed E-state index contributed by atoms with van der Waals surface area (Å²) in [6.07, 6.45) is 4.69. The molecule has 33 heavy (non-hydrogen) atoms. The molecule has 0 unspecified atom stereocenters. The monoisotopic (exact) mass is 458 g/mol. The Bertz CT molecular complexity index is 930. The van der Waals surface area contributed by atoms with E-state index in [0.717, 1.165) is 19.3 Å². The van der Waals surface area contributed by atoms with Crippen LogP contribution in [0.25, 0.3) is 0 Å². The van der Waals surface area contributed by atoms with Gasteiger partial charge in [-0.3, -0.25) is 14.4 Å². The van der Waals surface area contributed by atoms with Crippen molar-refractivity contribution < 1.29 is 29.0 Å². The largest absolute Gasteiger partial charge is 0.381 e. The van der Waals surface area contributed by atoms with Gasteiger partial charge in [-0.15, -0.1) is 0 Å². The molecule has 6 rings (SSSR count). The maximum absolute atomic E-state index is 13.4. The van der Waals surface area contributed by atoms with Crippen molar-refractivity contribution in [2.75, 3.05) is 6.61 Å². The van der Waals surface area contributed by atoms with Crippen molar-refractivity contribution >= 4 is 17.3 Å². The molecule has 0 aromatic rings. The fourth-order valence-corrected chi connectivity index (χ4v) is 9.80. The highest BCUT2D eigenvalue weighted by atomic mass is 16.7. The van der Waals surface area contributed by atoms with Gasteiger partial charge < -0.3 is 14.6 Å². The summed E-state index contributed by atoms with van der Waals surface area (Å²) < 4.78 is 12.7. The number of ether oxygens (including phenoxy) is 2. The first-order chi connectivity index (χ1) is 15.5. The van der Waals surface area contributed by atoms with E-state index in [1.165, 1.54) is 0 Å². The van der Waals surface area contributed by atoms with Crippen LogP contribution in [0.5, 0.6) is 0 Å². The fourth-order valence-electron chi connectivity index (χ4n) is 9.80. The van der Waals surface area contributed by atoms with Crippen LogP contribution in [0.3, 0.4) is 0 Å². The van der Waals surface area contributed by atoms with Crippen molar-refractivity contribution in [2.24, 2.45) is 46.3 Å². The molecule has 11 atom stereocenters. The molecule has 2 aliphatic heterocycles. The van der Waals surface area contributed by atoms with E-state index in [2.05, 4.69) is 20.8 Å². The first-order valence-corrected chi connectivity index (χ1v) is 13.1. The highest BCUT2D eigenvalue weighted by molar-refractivity contribution is 5.96. The third-order valence-corrected chi connectivity index (χ3v) is 11.5. The fraction of sp³-hybridized carbons (Fsp3) is 0.889.